The van der Waals surface area contributed by atoms with Crippen molar-refractivity contribution >= 4 is 0 Å². The van der Waals surface area contributed by atoms with Gasteiger partial charge in [-0.05, 0) is 62.9 Å². The zero-order chi connectivity index (χ0) is 15.6. The van der Waals surface area contributed by atoms with E-state index in [-0.39, 0.29) is 0 Å². The van der Waals surface area contributed by atoms with Crippen LogP contribution >= 0.6 is 0 Å². The Morgan fingerprint density at radius 2 is 1.90 bits per heavy atom. The molecule has 0 aromatic heterocycles. The van der Waals surface area contributed by atoms with Crippen LogP contribution in [-0.2, 0) is 0 Å². The molecule has 0 aromatic rings. The molecular formula is C19H38N2. The fraction of sp³-hybridized carbons (Fsp3) is 1.00. The molecule has 0 amide bonds. The molecule has 1 saturated heterocycles. The van der Waals surface area contributed by atoms with Gasteiger partial charge in [-0.2, -0.15) is 0 Å². The maximum atomic E-state index is 3.64. The number of likely N-dealkylation sites (N-methyl/N-ethyl adjacent to an activating group) is 1. The van der Waals surface area contributed by atoms with E-state index in [4.69, 9.17) is 0 Å². The van der Waals surface area contributed by atoms with Crippen molar-refractivity contribution in [3.63, 3.8) is 0 Å². The minimum Gasteiger partial charge on any atom is -0.315 e. The van der Waals surface area contributed by atoms with E-state index >= 15 is 0 Å². The van der Waals surface area contributed by atoms with E-state index in [0.29, 0.717) is 11.5 Å². The molecule has 1 aliphatic carbocycles. The Bertz CT molecular complexity index is 324. The lowest BCUT2D eigenvalue weighted by Crippen LogP contribution is -2.55. The molecule has 2 nitrogen and oxygen atoms in total. The van der Waals surface area contributed by atoms with Crippen LogP contribution in [0.25, 0.3) is 0 Å². The van der Waals surface area contributed by atoms with E-state index < -0.39 is 0 Å². The summed E-state index contributed by atoms with van der Waals surface area (Å²) in [6.45, 7) is 13.5. The zero-order valence-electron chi connectivity index (χ0n) is 15.3. The Hall–Kier alpha value is -0.0800. The van der Waals surface area contributed by atoms with Gasteiger partial charge in [0.15, 0.2) is 0 Å². The first-order valence-electron chi connectivity index (χ1n) is 9.33. The molecule has 1 aliphatic heterocycles. The molecule has 0 spiro atoms. The van der Waals surface area contributed by atoms with Crippen LogP contribution in [0.5, 0.6) is 0 Å². The second kappa shape index (κ2) is 7.00. The van der Waals surface area contributed by atoms with Gasteiger partial charge in [0.2, 0.25) is 0 Å². The van der Waals surface area contributed by atoms with E-state index in [1.165, 1.54) is 45.1 Å². The van der Waals surface area contributed by atoms with E-state index in [9.17, 15) is 0 Å². The Morgan fingerprint density at radius 1 is 1.19 bits per heavy atom. The lowest BCUT2D eigenvalue weighted by molar-refractivity contribution is 0.0356. The maximum absolute atomic E-state index is 3.64. The minimum absolute atomic E-state index is 0.504. The van der Waals surface area contributed by atoms with Crippen LogP contribution in [0.1, 0.15) is 73.1 Å². The van der Waals surface area contributed by atoms with Gasteiger partial charge in [0.05, 0.1) is 0 Å². The van der Waals surface area contributed by atoms with Crippen LogP contribution in [0.3, 0.4) is 0 Å². The van der Waals surface area contributed by atoms with Crippen molar-refractivity contribution in [2.24, 2.45) is 17.3 Å². The number of nitrogens with one attached hydrogen (secondary N) is 1. The van der Waals surface area contributed by atoms with Crippen molar-refractivity contribution in [3.05, 3.63) is 0 Å². The molecule has 2 heteroatoms. The summed E-state index contributed by atoms with van der Waals surface area (Å²) in [5.74, 6) is 1.69. The molecule has 2 aliphatic rings. The average Bonchev–Trinajstić information content (AvgIpc) is 2.96. The largest absolute Gasteiger partial charge is 0.315 e. The second-order valence-electron chi connectivity index (χ2n) is 8.51. The predicted molar refractivity (Wildman–Crippen MR) is 92.6 cm³/mol. The van der Waals surface area contributed by atoms with Crippen molar-refractivity contribution in [2.45, 2.75) is 91.3 Å². The number of hydrogen-bond donors (Lipinski definition) is 1. The summed E-state index contributed by atoms with van der Waals surface area (Å²) < 4.78 is 0. The molecule has 0 bridgehead atoms. The number of rotatable bonds is 5. The Labute approximate surface area is 133 Å². The molecule has 0 radical (unpaired) electrons. The van der Waals surface area contributed by atoms with Gasteiger partial charge in [0.1, 0.15) is 0 Å². The fourth-order valence-electron chi connectivity index (χ4n) is 4.79. The molecule has 1 N–H and O–H groups in total. The Morgan fingerprint density at radius 3 is 2.48 bits per heavy atom. The standard InChI is InChI=1S/C19H38N2/c1-7-19(4,5)15-10-11-16(20-6)18(13-15)21-12-8-9-17(21)14(2)3/h14-18,20H,7-13H2,1-6H3. The molecule has 0 aromatic carbocycles. The highest BCUT2D eigenvalue weighted by Gasteiger charge is 2.42. The predicted octanol–water partition coefficient (Wildman–Crippen LogP) is 4.30. The third-order valence-corrected chi connectivity index (χ3v) is 6.74. The first-order chi connectivity index (χ1) is 9.90. The van der Waals surface area contributed by atoms with Crippen molar-refractivity contribution in [2.75, 3.05) is 13.6 Å². The summed E-state index contributed by atoms with van der Waals surface area (Å²) in [5, 5.41) is 3.64. The van der Waals surface area contributed by atoms with Crippen molar-refractivity contribution in [3.8, 4) is 0 Å². The SMILES string of the molecule is CCC(C)(C)C1CCC(NC)C(N2CCCC2C(C)C)C1. The first kappa shape index (κ1) is 17.3. The first-order valence-corrected chi connectivity index (χ1v) is 9.33. The van der Waals surface area contributed by atoms with E-state index in [2.05, 4.69) is 51.9 Å². The molecule has 4 unspecified atom stereocenters. The summed E-state index contributed by atoms with van der Waals surface area (Å²) in [7, 11) is 2.17. The van der Waals surface area contributed by atoms with Crippen LogP contribution < -0.4 is 5.32 Å². The normalized spacial score (nSPS) is 35.6. The van der Waals surface area contributed by atoms with Gasteiger partial charge in [0, 0.05) is 18.1 Å². The van der Waals surface area contributed by atoms with Gasteiger partial charge in [0.25, 0.3) is 0 Å². The van der Waals surface area contributed by atoms with Crippen molar-refractivity contribution < 1.29 is 0 Å². The van der Waals surface area contributed by atoms with Gasteiger partial charge < -0.3 is 5.32 Å². The number of likely N-dealkylation sites (tertiary alicyclic amines) is 1. The zero-order valence-corrected chi connectivity index (χ0v) is 15.3. The monoisotopic (exact) mass is 294 g/mol. The van der Waals surface area contributed by atoms with Gasteiger partial charge >= 0.3 is 0 Å². The summed E-state index contributed by atoms with van der Waals surface area (Å²) in [6, 6.07) is 2.28. The second-order valence-corrected chi connectivity index (χ2v) is 8.51. The average molecular weight is 295 g/mol. The van der Waals surface area contributed by atoms with Crippen LogP contribution in [-0.4, -0.2) is 36.6 Å². The summed E-state index contributed by atoms with van der Waals surface area (Å²) >= 11 is 0. The molecule has 2 fully saturated rings. The van der Waals surface area contributed by atoms with Gasteiger partial charge in [-0.1, -0.05) is 41.0 Å². The third kappa shape index (κ3) is 3.64. The number of nitrogens with zero attached hydrogens (tertiary/aromatic N) is 1. The van der Waals surface area contributed by atoms with E-state index in [1.54, 1.807) is 0 Å². The molecule has 2 rings (SSSR count). The highest BCUT2D eigenvalue weighted by atomic mass is 15.2. The van der Waals surface area contributed by atoms with Crippen LogP contribution in [0.15, 0.2) is 0 Å². The fourth-order valence-corrected chi connectivity index (χ4v) is 4.79. The molecular weight excluding hydrogens is 256 g/mol. The van der Waals surface area contributed by atoms with Gasteiger partial charge in [-0.15, -0.1) is 0 Å². The van der Waals surface area contributed by atoms with E-state index in [1.807, 2.05) is 0 Å². The molecule has 1 saturated carbocycles. The quantitative estimate of drug-likeness (QED) is 0.813. The van der Waals surface area contributed by atoms with Crippen molar-refractivity contribution in [1.29, 1.82) is 0 Å². The summed E-state index contributed by atoms with van der Waals surface area (Å²) in [4.78, 5) is 2.88. The third-order valence-electron chi connectivity index (χ3n) is 6.74. The topological polar surface area (TPSA) is 15.3 Å². The van der Waals surface area contributed by atoms with Gasteiger partial charge in [-0.3, -0.25) is 4.90 Å². The molecule has 21 heavy (non-hydrogen) atoms. The van der Waals surface area contributed by atoms with Crippen molar-refractivity contribution in [1.82, 2.24) is 10.2 Å². The smallest absolute Gasteiger partial charge is 0.0255 e. The highest BCUT2D eigenvalue weighted by molar-refractivity contribution is 4.98. The highest BCUT2D eigenvalue weighted by Crippen LogP contribution is 2.43. The molecule has 124 valence electrons. The summed E-state index contributed by atoms with van der Waals surface area (Å²) in [5.41, 5.74) is 0.504. The van der Waals surface area contributed by atoms with Crippen LogP contribution in [0.4, 0.5) is 0 Å². The van der Waals surface area contributed by atoms with Crippen LogP contribution in [0, 0.1) is 17.3 Å². The lowest BCUT2D eigenvalue weighted by atomic mass is 9.67. The Kier molecular flexibility index (Phi) is 5.76. The summed E-state index contributed by atoms with van der Waals surface area (Å²) in [6.07, 6.45) is 8.28. The Balaban J connectivity index is 2.13. The lowest BCUT2D eigenvalue weighted by Gasteiger charge is -2.48. The maximum Gasteiger partial charge on any atom is 0.0255 e. The number of hydrogen-bond acceptors (Lipinski definition) is 2. The van der Waals surface area contributed by atoms with E-state index in [0.717, 1.165) is 23.9 Å². The molecule has 4 atom stereocenters. The van der Waals surface area contributed by atoms with Crippen LogP contribution in [0.2, 0.25) is 0 Å². The van der Waals surface area contributed by atoms with Gasteiger partial charge in [-0.25, -0.2) is 0 Å². The minimum atomic E-state index is 0.504. The molecule has 1 heterocycles.